The summed E-state index contributed by atoms with van der Waals surface area (Å²) in [5.41, 5.74) is -0.0920. The minimum Gasteiger partial charge on any atom is -0.480 e. The van der Waals surface area contributed by atoms with Gasteiger partial charge in [0.25, 0.3) is 5.91 Å². The third kappa shape index (κ3) is 2.33. The standard InChI is InChI=1S/C12H13FN2O3/c13-9-4-2-1-3-8(9)11(16)15-6-5-14-7-10(15)12(17)18/h1-4,10,14H,5-7H2,(H,17,18). The normalized spacial score (nSPS) is 19.6. The zero-order valence-corrected chi connectivity index (χ0v) is 9.60. The van der Waals surface area contributed by atoms with Gasteiger partial charge in [-0.25, -0.2) is 9.18 Å². The molecule has 0 radical (unpaired) electrons. The smallest absolute Gasteiger partial charge is 0.327 e. The number of halogens is 1. The second-order valence-corrected chi connectivity index (χ2v) is 4.04. The molecule has 1 aromatic carbocycles. The largest absolute Gasteiger partial charge is 0.480 e. The van der Waals surface area contributed by atoms with Crippen molar-refractivity contribution >= 4 is 11.9 Å². The van der Waals surface area contributed by atoms with Gasteiger partial charge < -0.3 is 15.3 Å². The van der Waals surface area contributed by atoms with E-state index < -0.39 is 23.7 Å². The Bertz CT molecular complexity index is 478. The number of nitrogens with one attached hydrogen (secondary N) is 1. The highest BCUT2D eigenvalue weighted by Crippen LogP contribution is 2.13. The van der Waals surface area contributed by atoms with E-state index in [0.29, 0.717) is 6.54 Å². The lowest BCUT2D eigenvalue weighted by Crippen LogP contribution is -2.57. The van der Waals surface area contributed by atoms with Gasteiger partial charge >= 0.3 is 5.97 Å². The van der Waals surface area contributed by atoms with E-state index in [2.05, 4.69) is 5.32 Å². The number of aliphatic carboxylic acids is 1. The molecule has 1 aromatic rings. The second kappa shape index (κ2) is 5.14. The number of benzene rings is 1. The van der Waals surface area contributed by atoms with Crippen LogP contribution in [0.1, 0.15) is 10.4 Å². The zero-order chi connectivity index (χ0) is 13.1. The van der Waals surface area contributed by atoms with Gasteiger partial charge in [-0.3, -0.25) is 4.79 Å². The number of carbonyl (C=O) groups excluding carboxylic acids is 1. The average molecular weight is 252 g/mol. The van der Waals surface area contributed by atoms with Gasteiger partial charge in [0.2, 0.25) is 0 Å². The first-order valence-corrected chi connectivity index (χ1v) is 5.60. The number of rotatable bonds is 2. The van der Waals surface area contributed by atoms with Gasteiger partial charge in [0.1, 0.15) is 11.9 Å². The molecule has 5 nitrogen and oxygen atoms in total. The molecule has 1 amide bonds. The van der Waals surface area contributed by atoms with Crippen LogP contribution in [0.25, 0.3) is 0 Å². The molecule has 0 saturated carbocycles. The van der Waals surface area contributed by atoms with Crippen molar-refractivity contribution in [1.82, 2.24) is 10.2 Å². The van der Waals surface area contributed by atoms with Crippen molar-refractivity contribution < 1.29 is 19.1 Å². The molecule has 1 saturated heterocycles. The molecule has 1 fully saturated rings. The van der Waals surface area contributed by atoms with Crippen LogP contribution in [0, 0.1) is 5.82 Å². The predicted molar refractivity (Wildman–Crippen MR) is 61.7 cm³/mol. The fraction of sp³-hybridized carbons (Fsp3) is 0.333. The molecule has 1 atom stereocenters. The third-order valence-corrected chi connectivity index (χ3v) is 2.89. The van der Waals surface area contributed by atoms with Crippen LogP contribution in [0.15, 0.2) is 24.3 Å². The number of amides is 1. The van der Waals surface area contributed by atoms with Crippen molar-refractivity contribution in [1.29, 1.82) is 0 Å². The molecule has 6 heteroatoms. The summed E-state index contributed by atoms with van der Waals surface area (Å²) < 4.78 is 13.5. The van der Waals surface area contributed by atoms with Gasteiger partial charge in [-0.05, 0) is 12.1 Å². The summed E-state index contributed by atoms with van der Waals surface area (Å²) in [7, 11) is 0. The van der Waals surface area contributed by atoms with Crippen molar-refractivity contribution in [3.63, 3.8) is 0 Å². The van der Waals surface area contributed by atoms with Gasteiger partial charge in [0.15, 0.2) is 0 Å². The summed E-state index contributed by atoms with van der Waals surface area (Å²) >= 11 is 0. The lowest BCUT2D eigenvalue weighted by molar-refractivity contribution is -0.142. The van der Waals surface area contributed by atoms with Crippen LogP contribution in [0.4, 0.5) is 4.39 Å². The van der Waals surface area contributed by atoms with Gasteiger partial charge in [0, 0.05) is 19.6 Å². The van der Waals surface area contributed by atoms with E-state index in [1.54, 1.807) is 6.07 Å². The van der Waals surface area contributed by atoms with Gasteiger partial charge in [-0.1, -0.05) is 12.1 Å². The molecule has 2 rings (SSSR count). The molecule has 1 aliphatic rings. The summed E-state index contributed by atoms with van der Waals surface area (Å²) in [6, 6.07) is 4.63. The molecule has 0 aromatic heterocycles. The van der Waals surface area contributed by atoms with Crippen LogP contribution < -0.4 is 5.32 Å². The van der Waals surface area contributed by atoms with Crippen molar-refractivity contribution in [2.45, 2.75) is 6.04 Å². The highest BCUT2D eigenvalue weighted by atomic mass is 19.1. The molecule has 96 valence electrons. The second-order valence-electron chi connectivity index (χ2n) is 4.04. The van der Waals surface area contributed by atoms with Crippen molar-refractivity contribution in [2.24, 2.45) is 0 Å². The number of hydrogen-bond acceptors (Lipinski definition) is 3. The molecule has 18 heavy (non-hydrogen) atoms. The molecule has 0 spiro atoms. The number of piperazine rings is 1. The lowest BCUT2D eigenvalue weighted by atomic mass is 10.1. The first kappa shape index (κ1) is 12.5. The number of carboxylic acids is 1. The van der Waals surface area contributed by atoms with E-state index in [4.69, 9.17) is 5.11 Å². The first-order valence-electron chi connectivity index (χ1n) is 5.60. The summed E-state index contributed by atoms with van der Waals surface area (Å²) in [5, 5.41) is 11.9. The number of carboxylic acid groups (broad SMARTS) is 1. The highest BCUT2D eigenvalue weighted by Gasteiger charge is 2.33. The molecule has 2 N–H and O–H groups in total. The Morgan fingerprint density at radius 3 is 2.78 bits per heavy atom. The Morgan fingerprint density at radius 2 is 2.11 bits per heavy atom. The Morgan fingerprint density at radius 1 is 1.39 bits per heavy atom. The van der Waals surface area contributed by atoms with Crippen LogP contribution in [-0.2, 0) is 4.79 Å². The maximum Gasteiger partial charge on any atom is 0.327 e. The predicted octanol–water partition coefficient (Wildman–Crippen LogP) is 0.324. The van der Waals surface area contributed by atoms with Gasteiger partial charge in [0.05, 0.1) is 5.56 Å². The lowest BCUT2D eigenvalue weighted by Gasteiger charge is -2.33. The average Bonchev–Trinajstić information content (AvgIpc) is 2.38. The van der Waals surface area contributed by atoms with Crippen LogP contribution >= 0.6 is 0 Å². The molecule has 1 aliphatic heterocycles. The van der Waals surface area contributed by atoms with Crippen LogP contribution in [0.3, 0.4) is 0 Å². The summed E-state index contributed by atoms with van der Waals surface area (Å²) in [5.74, 6) is -2.31. The quantitative estimate of drug-likeness (QED) is 0.795. The summed E-state index contributed by atoms with van der Waals surface area (Å²) in [6.45, 7) is 0.934. The fourth-order valence-electron chi connectivity index (χ4n) is 1.96. The third-order valence-electron chi connectivity index (χ3n) is 2.89. The van der Waals surface area contributed by atoms with Crippen LogP contribution in [0.2, 0.25) is 0 Å². The summed E-state index contributed by atoms with van der Waals surface area (Å²) in [4.78, 5) is 24.4. The molecule has 1 unspecified atom stereocenters. The van der Waals surface area contributed by atoms with Crippen molar-refractivity contribution in [2.75, 3.05) is 19.6 Å². The monoisotopic (exact) mass is 252 g/mol. The van der Waals surface area contributed by atoms with E-state index in [1.165, 1.54) is 23.1 Å². The van der Waals surface area contributed by atoms with Crippen molar-refractivity contribution in [3.8, 4) is 0 Å². The zero-order valence-electron chi connectivity index (χ0n) is 9.60. The Balaban J connectivity index is 2.27. The molecular weight excluding hydrogens is 239 g/mol. The minimum atomic E-state index is -1.09. The maximum atomic E-state index is 13.5. The van der Waals surface area contributed by atoms with Gasteiger partial charge in [-0.2, -0.15) is 0 Å². The summed E-state index contributed by atoms with van der Waals surface area (Å²) in [6.07, 6.45) is 0. The van der Waals surface area contributed by atoms with E-state index in [1.807, 2.05) is 0 Å². The SMILES string of the molecule is O=C(O)C1CNCCN1C(=O)c1ccccc1F. The fourth-order valence-corrected chi connectivity index (χ4v) is 1.96. The number of hydrogen-bond donors (Lipinski definition) is 2. The first-order chi connectivity index (χ1) is 8.61. The van der Waals surface area contributed by atoms with Crippen LogP contribution in [-0.4, -0.2) is 47.6 Å². The Kier molecular flexibility index (Phi) is 3.57. The number of nitrogens with zero attached hydrogens (tertiary/aromatic N) is 1. The van der Waals surface area contributed by atoms with Crippen LogP contribution in [0.5, 0.6) is 0 Å². The van der Waals surface area contributed by atoms with E-state index in [0.717, 1.165) is 0 Å². The van der Waals surface area contributed by atoms with Gasteiger partial charge in [-0.15, -0.1) is 0 Å². The van der Waals surface area contributed by atoms with E-state index in [9.17, 15) is 14.0 Å². The molecule has 0 aliphatic carbocycles. The Labute approximate surface area is 103 Å². The highest BCUT2D eigenvalue weighted by molar-refractivity contribution is 5.97. The Hall–Kier alpha value is -1.95. The number of carbonyl (C=O) groups is 2. The minimum absolute atomic E-state index is 0.0920. The molecular formula is C12H13FN2O3. The molecule has 1 heterocycles. The van der Waals surface area contributed by atoms with Crippen molar-refractivity contribution in [3.05, 3.63) is 35.6 Å². The van der Waals surface area contributed by atoms with E-state index in [-0.39, 0.29) is 18.7 Å². The molecule has 0 bridgehead atoms. The van der Waals surface area contributed by atoms with E-state index >= 15 is 0 Å². The maximum absolute atomic E-state index is 13.5. The topological polar surface area (TPSA) is 69.6 Å².